The topological polar surface area (TPSA) is 21.1 Å². The quantitative estimate of drug-likeness (QED) is 0.808. The largest absolute Gasteiger partial charge is 0.331 e. The van der Waals surface area contributed by atoms with Crippen LogP contribution in [0.4, 0.5) is 4.39 Å². The first kappa shape index (κ1) is 16.1. The second-order valence-corrected chi connectivity index (χ2v) is 7.41. The molecule has 128 valence electrons. The van der Waals surface area contributed by atoms with E-state index >= 15 is 0 Å². The lowest BCUT2D eigenvalue weighted by atomic mass is 9.83. The summed E-state index contributed by atoms with van der Waals surface area (Å²) in [6.45, 7) is 3.36. The Morgan fingerprint density at radius 2 is 2.04 bits per heavy atom. The molecule has 0 unspecified atom stereocenters. The summed E-state index contributed by atoms with van der Waals surface area (Å²) in [5, 5.41) is 0.422. The summed E-state index contributed by atoms with van der Waals surface area (Å²) in [4.78, 5) is 7.06. The van der Waals surface area contributed by atoms with E-state index in [9.17, 15) is 4.39 Å². The van der Waals surface area contributed by atoms with Crippen molar-refractivity contribution in [2.75, 3.05) is 13.1 Å². The highest BCUT2D eigenvalue weighted by atomic mass is 35.5. The Labute approximate surface area is 147 Å². The van der Waals surface area contributed by atoms with Crippen molar-refractivity contribution in [2.24, 2.45) is 5.92 Å². The molecule has 0 spiro atoms. The molecule has 0 saturated carbocycles. The zero-order chi connectivity index (χ0) is 16.5. The van der Waals surface area contributed by atoms with Crippen LogP contribution < -0.4 is 0 Å². The maximum atomic E-state index is 14.3. The van der Waals surface area contributed by atoms with Crippen molar-refractivity contribution in [3.8, 4) is 11.4 Å². The molecule has 2 aromatic rings. The van der Waals surface area contributed by atoms with E-state index in [-0.39, 0.29) is 5.82 Å². The first-order chi connectivity index (χ1) is 11.7. The Hall–Kier alpha value is -1.39. The second kappa shape index (κ2) is 6.85. The number of nitrogens with zero attached hydrogens (tertiary/aromatic N) is 3. The molecule has 1 aromatic carbocycles. The summed E-state index contributed by atoms with van der Waals surface area (Å²) in [5.41, 5.74) is 0.417. The lowest BCUT2D eigenvalue weighted by molar-refractivity contribution is 0.0521. The number of rotatable bonds is 3. The average molecular weight is 348 g/mol. The van der Waals surface area contributed by atoms with Crippen molar-refractivity contribution < 1.29 is 4.39 Å². The minimum Gasteiger partial charge on any atom is -0.331 e. The van der Waals surface area contributed by atoms with Gasteiger partial charge in [-0.05, 0) is 56.8 Å². The maximum Gasteiger partial charge on any atom is 0.144 e. The van der Waals surface area contributed by atoms with Gasteiger partial charge in [-0.15, -0.1) is 0 Å². The van der Waals surface area contributed by atoms with E-state index < -0.39 is 0 Å². The standard InChI is InChI=1S/C19H23ClFN3/c20-15-6-3-7-16(21)18(15)19-22-9-12-24(19)13-14-5-4-11-23-10-2-1-8-17(14)23/h3,6-7,9,12,14,17H,1-2,4-5,8,10-11,13H2/t14-,17+/m0/s1. The maximum absolute atomic E-state index is 14.3. The zero-order valence-electron chi connectivity index (χ0n) is 13.8. The van der Waals surface area contributed by atoms with Crippen LogP contribution >= 0.6 is 11.6 Å². The van der Waals surface area contributed by atoms with Crippen LogP contribution in [0, 0.1) is 11.7 Å². The Morgan fingerprint density at radius 1 is 1.17 bits per heavy atom. The molecule has 2 aliphatic rings. The monoisotopic (exact) mass is 347 g/mol. The van der Waals surface area contributed by atoms with Gasteiger partial charge in [0.1, 0.15) is 11.6 Å². The highest BCUT2D eigenvalue weighted by molar-refractivity contribution is 6.33. The van der Waals surface area contributed by atoms with E-state index in [0.717, 1.165) is 6.54 Å². The van der Waals surface area contributed by atoms with Gasteiger partial charge in [-0.25, -0.2) is 9.37 Å². The number of aromatic nitrogens is 2. The van der Waals surface area contributed by atoms with E-state index in [2.05, 4.69) is 14.5 Å². The Bertz CT molecular complexity index is 692. The number of benzene rings is 1. The Morgan fingerprint density at radius 3 is 2.92 bits per heavy atom. The van der Waals surface area contributed by atoms with Crippen LogP contribution in [0.2, 0.25) is 5.02 Å². The molecular weight excluding hydrogens is 325 g/mol. The van der Waals surface area contributed by atoms with Gasteiger partial charge in [0.15, 0.2) is 0 Å². The zero-order valence-corrected chi connectivity index (χ0v) is 14.6. The molecule has 3 nitrogen and oxygen atoms in total. The number of fused-ring (bicyclic) bond motifs is 1. The van der Waals surface area contributed by atoms with Crippen molar-refractivity contribution in [1.82, 2.24) is 14.5 Å². The van der Waals surface area contributed by atoms with Crippen LogP contribution in [0.25, 0.3) is 11.4 Å². The average Bonchev–Trinajstić information content (AvgIpc) is 3.03. The fourth-order valence-electron chi connectivity index (χ4n) is 4.44. The number of imidazole rings is 1. The number of halogens is 2. The third-order valence-corrected chi connectivity index (χ3v) is 5.88. The molecule has 1 aromatic heterocycles. The van der Waals surface area contributed by atoms with Crippen molar-refractivity contribution in [3.05, 3.63) is 41.4 Å². The third-order valence-electron chi connectivity index (χ3n) is 5.56. The van der Waals surface area contributed by atoms with Crippen molar-refractivity contribution in [1.29, 1.82) is 0 Å². The van der Waals surface area contributed by atoms with E-state index in [1.54, 1.807) is 18.3 Å². The Balaban J connectivity index is 1.61. The summed E-state index contributed by atoms with van der Waals surface area (Å²) >= 11 is 6.24. The van der Waals surface area contributed by atoms with Crippen molar-refractivity contribution in [3.63, 3.8) is 0 Å². The predicted molar refractivity (Wildman–Crippen MR) is 94.6 cm³/mol. The fourth-order valence-corrected chi connectivity index (χ4v) is 4.69. The number of hydrogen-bond acceptors (Lipinski definition) is 2. The van der Waals surface area contributed by atoms with E-state index in [1.807, 2.05) is 6.20 Å². The molecule has 5 heteroatoms. The normalized spacial score (nSPS) is 24.8. The molecule has 2 aliphatic heterocycles. The molecule has 24 heavy (non-hydrogen) atoms. The summed E-state index contributed by atoms with van der Waals surface area (Å²) in [5.74, 6) is 0.946. The van der Waals surface area contributed by atoms with Crippen molar-refractivity contribution >= 4 is 11.6 Å². The molecule has 2 fully saturated rings. The summed E-state index contributed by atoms with van der Waals surface area (Å²) in [7, 11) is 0. The second-order valence-electron chi connectivity index (χ2n) is 7.00. The molecule has 0 N–H and O–H groups in total. The lowest BCUT2D eigenvalue weighted by Crippen LogP contribution is -2.49. The van der Waals surface area contributed by atoms with Gasteiger partial charge in [0, 0.05) is 25.0 Å². The van der Waals surface area contributed by atoms with Gasteiger partial charge in [0.25, 0.3) is 0 Å². The fraction of sp³-hybridized carbons (Fsp3) is 0.526. The van der Waals surface area contributed by atoms with Gasteiger partial charge in [0.05, 0.1) is 10.6 Å². The minimum atomic E-state index is -0.308. The van der Waals surface area contributed by atoms with E-state index in [4.69, 9.17) is 11.6 Å². The summed E-state index contributed by atoms with van der Waals surface area (Å²) < 4.78 is 16.4. The molecule has 0 bridgehead atoms. The van der Waals surface area contributed by atoms with Crippen LogP contribution in [0.3, 0.4) is 0 Å². The van der Waals surface area contributed by atoms with Crippen LogP contribution in [0.1, 0.15) is 32.1 Å². The van der Waals surface area contributed by atoms with E-state index in [0.29, 0.717) is 28.4 Å². The van der Waals surface area contributed by atoms with Gasteiger partial charge in [-0.3, -0.25) is 0 Å². The predicted octanol–water partition coefficient (Wildman–Crippen LogP) is 4.61. The summed E-state index contributed by atoms with van der Waals surface area (Å²) in [6.07, 6.45) is 10.1. The first-order valence-electron chi connectivity index (χ1n) is 8.93. The lowest BCUT2D eigenvalue weighted by Gasteiger charge is -2.44. The smallest absolute Gasteiger partial charge is 0.144 e. The van der Waals surface area contributed by atoms with Crippen LogP contribution in [0.15, 0.2) is 30.6 Å². The molecule has 4 rings (SSSR count). The third kappa shape index (κ3) is 2.98. The molecule has 2 saturated heterocycles. The molecule has 0 amide bonds. The van der Waals surface area contributed by atoms with Gasteiger partial charge >= 0.3 is 0 Å². The van der Waals surface area contributed by atoms with Gasteiger partial charge < -0.3 is 9.47 Å². The van der Waals surface area contributed by atoms with Gasteiger partial charge in [-0.2, -0.15) is 0 Å². The highest BCUT2D eigenvalue weighted by Gasteiger charge is 2.33. The van der Waals surface area contributed by atoms with Gasteiger partial charge in [-0.1, -0.05) is 24.1 Å². The molecule has 2 atom stereocenters. The van der Waals surface area contributed by atoms with Crippen molar-refractivity contribution in [2.45, 2.75) is 44.7 Å². The van der Waals surface area contributed by atoms with Crippen LogP contribution in [0.5, 0.6) is 0 Å². The number of piperidine rings is 2. The SMILES string of the molecule is Fc1cccc(Cl)c1-c1nccn1C[C@@H]1CCCN2CCCC[C@H]12. The molecule has 0 radical (unpaired) electrons. The van der Waals surface area contributed by atoms with E-state index in [1.165, 1.54) is 51.3 Å². The molecule has 3 heterocycles. The first-order valence-corrected chi connectivity index (χ1v) is 9.31. The van der Waals surface area contributed by atoms with Crippen LogP contribution in [-0.2, 0) is 6.54 Å². The summed E-state index contributed by atoms with van der Waals surface area (Å²) in [6, 6.07) is 5.47. The van der Waals surface area contributed by atoms with Gasteiger partial charge in [0.2, 0.25) is 0 Å². The number of hydrogen-bond donors (Lipinski definition) is 0. The van der Waals surface area contributed by atoms with Crippen LogP contribution in [-0.4, -0.2) is 33.6 Å². The minimum absolute atomic E-state index is 0.308. The highest BCUT2D eigenvalue weighted by Crippen LogP contribution is 2.34. The Kier molecular flexibility index (Phi) is 4.59. The molecular formula is C19H23ClFN3. The molecule has 0 aliphatic carbocycles.